The quantitative estimate of drug-likeness (QED) is 0.832. The summed E-state index contributed by atoms with van der Waals surface area (Å²) in [5.74, 6) is -0.298. The Balaban J connectivity index is 0.00000121. The highest BCUT2D eigenvalue weighted by molar-refractivity contribution is 5.98. The van der Waals surface area contributed by atoms with Crippen molar-refractivity contribution in [2.45, 2.75) is 50.7 Å². The highest BCUT2D eigenvalue weighted by Crippen LogP contribution is 2.30. The monoisotopic (exact) mass is 399 g/mol. The molecule has 2 atom stereocenters. The number of amides is 1. The molecule has 7 heteroatoms. The Morgan fingerprint density at radius 1 is 1.19 bits per heavy atom. The summed E-state index contributed by atoms with van der Waals surface area (Å²) in [5.41, 5.74) is 1.86. The van der Waals surface area contributed by atoms with Crippen LogP contribution < -0.4 is 5.32 Å². The molecule has 0 aliphatic carbocycles. The number of hydrogen-bond donors (Lipinski definition) is 1. The fourth-order valence-electron chi connectivity index (χ4n) is 4.15. The van der Waals surface area contributed by atoms with E-state index >= 15 is 0 Å². The molecule has 0 saturated carbocycles. The van der Waals surface area contributed by atoms with Gasteiger partial charge < -0.3 is 10.2 Å². The lowest BCUT2D eigenvalue weighted by Gasteiger charge is -2.35. The molecule has 2 aliphatic rings. The van der Waals surface area contributed by atoms with Crippen molar-refractivity contribution in [1.29, 1.82) is 0 Å². The number of aromatic nitrogens is 1. The molecule has 1 amide bonds. The topological polar surface area (TPSA) is 45.2 Å². The number of carbonyl (C=O) groups is 1. The summed E-state index contributed by atoms with van der Waals surface area (Å²) < 4.78 is 13.4. The Labute approximate surface area is 165 Å². The third-order valence-electron chi connectivity index (χ3n) is 5.52. The van der Waals surface area contributed by atoms with Crippen molar-refractivity contribution < 1.29 is 9.18 Å². The first kappa shape index (κ1) is 20.9. The van der Waals surface area contributed by atoms with Crippen molar-refractivity contribution in [1.82, 2.24) is 15.2 Å². The molecule has 0 radical (unpaired) electrons. The van der Waals surface area contributed by atoms with E-state index in [0.29, 0.717) is 28.9 Å². The Hall–Kier alpha value is -1.43. The molecule has 2 aliphatic heterocycles. The third-order valence-corrected chi connectivity index (χ3v) is 5.52. The fraction of sp³-hybridized carbons (Fsp3) is 0.474. The number of halogens is 3. The predicted octanol–water partition coefficient (Wildman–Crippen LogP) is 3.88. The van der Waals surface area contributed by atoms with Gasteiger partial charge in [0.15, 0.2) is 0 Å². The van der Waals surface area contributed by atoms with E-state index in [1.807, 2.05) is 24.9 Å². The van der Waals surface area contributed by atoms with Gasteiger partial charge in [0.2, 0.25) is 0 Å². The maximum Gasteiger partial charge on any atom is 0.255 e. The minimum Gasteiger partial charge on any atom is -0.339 e. The molecule has 0 spiro atoms. The first-order valence-corrected chi connectivity index (χ1v) is 8.61. The van der Waals surface area contributed by atoms with Crippen LogP contribution in [-0.2, 0) is 0 Å². The van der Waals surface area contributed by atoms with E-state index in [1.165, 1.54) is 25.0 Å². The van der Waals surface area contributed by atoms with Gasteiger partial charge in [-0.25, -0.2) is 4.39 Å². The first-order valence-electron chi connectivity index (χ1n) is 8.61. The highest BCUT2D eigenvalue weighted by Gasteiger charge is 2.36. The minimum absolute atomic E-state index is 0. The molecule has 26 heavy (non-hydrogen) atoms. The van der Waals surface area contributed by atoms with E-state index in [2.05, 4.69) is 10.3 Å². The van der Waals surface area contributed by atoms with Gasteiger partial charge in [0.25, 0.3) is 5.91 Å². The summed E-state index contributed by atoms with van der Waals surface area (Å²) >= 11 is 0. The Kier molecular flexibility index (Phi) is 6.48. The lowest BCUT2D eigenvalue weighted by molar-refractivity contribution is 0.0680. The molecular weight excluding hydrogens is 376 g/mol. The van der Waals surface area contributed by atoms with Crippen LogP contribution in [0.5, 0.6) is 0 Å². The molecular formula is C19H24Cl2FN3O. The van der Waals surface area contributed by atoms with Crippen molar-refractivity contribution in [3.05, 3.63) is 41.3 Å². The molecule has 2 fully saturated rings. The molecule has 3 heterocycles. The largest absolute Gasteiger partial charge is 0.339 e. The van der Waals surface area contributed by atoms with Crippen molar-refractivity contribution in [2.24, 2.45) is 0 Å². The maximum absolute atomic E-state index is 13.4. The zero-order valence-corrected chi connectivity index (χ0v) is 16.5. The number of fused-ring (bicyclic) bond motifs is 3. The molecule has 2 bridgehead atoms. The lowest BCUT2D eigenvalue weighted by atomic mass is 9.97. The van der Waals surface area contributed by atoms with E-state index in [-0.39, 0.29) is 42.6 Å². The van der Waals surface area contributed by atoms with Crippen LogP contribution in [0.4, 0.5) is 4.39 Å². The second kappa shape index (κ2) is 8.07. The summed E-state index contributed by atoms with van der Waals surface area (Å²) in [5, 5.41) is 4.40. The van der Waals surface area contributed by atoms with Crippen LogP contribution in [0.25, 0.3) is 10.9 Å². The van der Waals surface area contributed by atoms with Crippen molar-refractivity contribution in [2.75, 3.05) is 7.05 Å². The van der Waals surface area contributed by atoms with Crippen molar-refractivity contribution >= 4 is 41.6 Å². The molecule has 2 unspecified atom stereocenters. The van der Waals surface area contributed by atoms with Gasteiger partial charge in [-0.2, -0.15) is 0 Å². The number of nitrogens with one attached hydrogen (secondary N) is 1. The SMILES string of the molecule is Cc1nc2cc(F)ccc2cc1C(=O)N(C)C1CC2CCC(C1)N2.Cl.Cl. The zero-order chi connectivity index (χ0) is 16.8. The van der Waals surface area contributed by atoms with Crippen LogP contribution in [0.2, 0.25) is 0 Å². The van der Waals surface area contributed by atoms with Gasteiger partial charge in [0, 0.05) is 36.6 Å². The molecule has 1 aromatic heterocycles. The van der Waals surface area contributed by atoms with E-state index < -0.39 is 0 Å². The van der Waals surface area contributed by atoms with E-state index in [4.69, 9.17) is 0 Å². The van der Waals surface area contributed by atoms with Gasteiger partial charge >= 0.3 is 0 Å². The standard InChI is InChI=1S/C19H22FN3O.2ClH/c1-11-17(7-12-3-4-13(20)8-18(12)21-11)19(24)23(2)16-9-14-5-6-15(10-16)22-14;;/h3-4,7-8,14-16,22H,5-6,9-10H2,1-2H3;2*1H. The maximum atomic E-state index is 13.4. The third kappa shape index (κ3) is 3.80. The number of piperidine rings is 1. The van der Waals surface area contributed by atoms with Crippen LogP contribution in [0, 0.1) is 12.7 Å². The number of hydrogen-bond acceptors (Lipinski definition) is 3. The Morgan fingerprint density at radius 3 is 2.50 bits per heavy atom. The predicted molar refractivity (Wildman–Crippen MR) is 106 cm³/mol. The van der Waals surface area contributed by atoms with Gasteiger partial charge in [0.1, 0.15) is 5.82 Å². The van der Waals surface area contributed by atoms with Crippen LogP contribution in [0.15, 0.2) is 24.3 Å². The van der Waals surface area contributed by atoms with E-state index in [9.17, 15) is 9.18 Å². The molecule has 4 nitrogen and oxygen atoms in total. The van der Waals surface area contributed by atoms with Gasteiger partial charge in [-0.1, -0.05) is 0 Å². The molecule has 2 saturated heterocycles. The van der Waals surface area contributed by atoms with Gasteiger partial charge in [-0.3, -0.25) is 9.78 Å². The first-order chi connectivity index (χ1) is 11.5. The molecule has 142 valence electrons. The Morgan fingerprint density at radius 2 is 1.85 bits per heavy atom. The summed E-state index contributed by atoms with van der Waals surface area (Å²) in [6, 6.07) is 7.70. The van der Waals surface area contributed by atoms with Gasteiger partial charge in [-0.15, -0.1) is 24.8 Å². The summed E-state index contributed by atoms with van der Waals surface area (Å²) in [4.78, 5) is 19.3. The van der Waals surface area contributed by atoms with E-state index in [0.717, 1.165) is 18.2 Å². The molecule has 2 aromatic rings. The van der Waals surface area contributed by atoms with Crippen LogP contribution in [-0.4, -0.2) is 41.0 Å². The fourth-order valence-corrected chi connectivity index (χ4v) is 4.15. The Bertz CT molecular complexity index is 805. The summed E-state index contributed by atoms with van der Waals surface area (Å²) in [6.07, 6.45) is 4.46. The molecule has 4 rings (SSSR count). The average molecular weight is 400 g/mol. The minimum atomic E-state index is -0.309. The molecule has 1 aromatic carbocycles. The van der Waals surface area contributed by atoms with Crippen molar-refractivity contribution in [3.63, 3.8) is 0 Å². The number of benzene rings is 1. The van der Waals surface area contributed by atoms with Crippen LogP contribution in [0.1, 0.15) is 41.7 Å². The lowest BCUT2D eigenvalue weighted by Crippen LogP contribution is -2.48. The number of rotatable bonds is 2. The number of pyridine rings is 1. The summed E-state index contributed by atoms with van der Waals surface area (Å²) in [7, 11) is 1.89. The summed E-state index contributed by atoms with van der Waals surface area (Å²) in [6.45, 7) is 1.82. The van der Waals surface area contributed by atoms with Crippen LogP contribution in [0.3, 0.4) is 0 Å². The number of carbonyl (C=O) groups excluding carboxylic acids is 1. The number of aryl methyl sites for hydroxylation is 1. The van der Waals surface area contributed by atoms with Crippen molar-refractivity contribution in [3.8, 4) is 0 Å². The van der Waals surface area contributed by atoms with E-state index in [1.54, 1.807) is 6.07 Å². The highest BCUT2D eigenvalue weighted by atomic mass is 35.5. The zero-order valence-electron chi connectivity index (χ0n) is 14.9. The second-order valence-corrected chi connectivity index (χ2v) is 7.14. The van der Waals surface area contributed by atoms with Crippen LogP contribution >= 0.6 is 24.8 Å². The normalized spacial score (nSPS) is 23.9. The second-order valence-electron chi connectivity index (χ2n) is 7.14. The van der Waals surface area contributed by atoms with Gasteiger partial charge in [-0.05, 0) is 50.8 Å². The number of nitrogens with zero attached hydrogens (tertiary/aromatic N) is 2. The smallest absolute Gasteiger partial charge is 0.255 e. The average Bonchev–Trinajstić information content (AvgIpc) is 2.90. The van der Waals surface area contributed by atoms with Gasteiger partial charge in [0.05, 0.1) is 16.8 Å². The molecule has 1 N–H and O–H groups in total.